The summed E-state index contributed by atoms with van der Waals surface area (Å²) in [5.74, 6) is 0. The first-order valence-electron chi connectivity index (χ1n) is 5.20. The van der Waals surface area contributed by atoms with E-state index in [1.165, 1.54) is 0 Å². The number of rotatable bonds is 4. The van der Waals surface area contributed by atoms with Gasteiger partial charge in [0.1, 0.15) is 0 Å². The molecule has 0 aliphatic rings. The van der Waals surface area contributed by atoms with Gasteiger partial charge >= 0.3 is 0 Å². The van der Waals surface area contributed by atoms with Crippen molar-refractivity contribution in [1.82, 2.24) is 15.1 Å². The van der Waals surface area contributed by atoms with E-state index in [1.807, 2.05) is 48.3 Å². The fourth-order valence-corrected chi connectivity index (χ4v) is 1.76. The zero-order valence-electron chi connectivity index (χ0n) is 9.15. The Kier molecular flexibility index (Phi) is 3.59. The molecule has 4 heteroatoms. The Labute approximate surface area is 100 Å². The number of hydrogen-bond acceptors (Lipinski definition) is 2. The largest absolute Gasteiger partial charge is 0.314 e. The molecule has 0 saturated heterocycles. The van der Waals surface area contributed by atoms with E-state index in [1.54, 1.807) is 0 Å². The fourth-order valence-electron chi connectivity index (χ4n) is 1.57. The number of nitrogens with one attached hydrogen (secondary N) is 1. The summed E-state index contributed by atoms with van der Waals surface area (Å²) in [5.41, 5.74) is 2.12. The van der Waals surface area contributed by atoms with Crippen LogP contribution in [0.15, 0.2) is 36.5 Å². The third kappa shape index (κ3) is 2.62. The SMILES string of the molecule is CNCc1ccn(Cc2ccccc2Cl)n1. The maximum absolute atomic E-state index is 6.09. The smallest absolute Gasteiger partial charge is 0.0762 e. The Morgan fingerprint density at radius 2 is 2.12 bits per heavy atom. The maximum Gasteiger partial charge on any atom is 0.0762 e. The number of aromatic nitrogens is 2. The summed E-state index contributed by atoms with van der Waals surface area (Å²) in [4.78, 5) is 0. The molecule has 84 valence electrons. The van der Waals surface area contributed by atoms with Crippen molar-refractivity contribution < 1.29 is 0 Å². The molecule has 0 saturated carbocycles. The van der Waals surface area contributed by atoms with Crippen LogP contribution in [-0.2, 0) is 13.1 Å². The van der Waals surface area contributed by atoms with Gasteiger partial charge in [-0.2, -0.15) is 5.10 Å². The van der Waals surface area contributed by atoms with Crippen molar-refractivity contribution in [3.8, 4) is 0 Å². The van der Waals surface area contributed by atoms with Crippen LogP contribution in [0, 0.1) is 0 Å². The van der Waals surface area contributed by atoms with E-state index in [0.29, 0.717) is 6.54 Å². The van der Waals surface area contributed by atoms with E-state index in [-0.39, 0.29) is 0 Å². The number of nitrogens with zero attached hydrogens (tertiary/aromatic N) is 2. The molecule has 0 spiro atoms. The second-order valence-electron chi connectivity index (χ2n) is 3.63. The van der Waals surface area contributed by atoms with Crippen molar-refractivity contribution in [3.05, 3.63) is 52.8 Å². The lowest BCUT2D eigenvalue weighted by molar-refractivity contribution is 0.659. The quantitative estimate of drug-likeness (QED) is 0.882. The van der Waals surface area contributed by atoms with Gasteiger partial charge in [0, 0.05) is 17.8 Å². The van der Waals surface area contributed by atoms with Gasteiger partial charge in [0.15, 0.2) is 0 Å². The Bertz CT molecular complexity index is 465. The molecule has 3 nitrogen and oxygen atoms in total. The summed E-state index contributed by atoms with van der Waals surface area (Å²) in [7, 11) is 1.91. The molecule has 0 aliphatic heterocycles. The zero-order valence-corrected chi connectivity index (χ0v) is 9.91. The first kappa shape index (κ1) is 11.2. The summed E-state index contributed by atoms with van der Waals surface area (Å²) in [5, 5.41) is 8.29. The number of halogens is 1. The fraction of sp³-hybridized carbons (Fsp3) is 0.250. The minimum atomic E-state index is 0.712. The van der Waals surface area contributed by atoms with Crippen LogP contribution in [-0.4, -0.2) is 16.8 Å². The van der Waals surface area contributed by atoms with Crippen molar-refractivity contribution in [2.24, 2.45) is 0 Å². The van der Waals surface area contributed by atoms with Crippen molar-refractivity contribution in [1.29, 1.82) is 0 Å². The highest BCUT2D eigenvalue weighted by molar-refractivity contribution is 6.31. The Hall–Kier alpha value is -1.32. The molecule has 0 amide bonds. The normalized spacial score (nSPS) is 10.6. The van der Waals surface area contributed by atoms with Crippen molar-refractivity contribution in [2.75, 3.05) is 7.05 Å². The molecule has 1 heterocycles. The first-order valence-corrected chi connectivity index (χ1v) is 5.57. The van der Waals surface area contributed by atoms with Gasteiger partial charge < -0.3 is 5.32 Å². The average Bonchev–Trinajstić information content (AvgIpc) is 2.70. The minimum absolute atomic E-state index is 0.712. The van der Waals surface area contributed by atoms with Crippen LogP contribution >= 0.6 is 11.6 Å². The third-order valence-electron chi connectivity index (χ3n) is 2.34. The zero-order chi connectivity index (χ0) is 11.4. The van der Waals surface area contributed by atoms with Crippen molar-refractivity contribution >= 4 is 11.6 Å². The number of hydrogen-bond donors (Lipinski definition) is 1. The average molecular weight is 236 g/mol. The van der Waals surface area contributed by atoms with Gasteiger partial charge in [-0.3, -0.25) is 4.68 Å². The molecular formula is C12H14ClN3. The highest BCUT2D eigenvalue weighted by Gasteiger charge is 2.02. The van der Waals surface area contributed by atoms with E-state index in [0.717, 1.165) is 22.8 Å². The van der Waals surface area contributed by atoms with E-state index >= 15 is 0 Å². The van der Waals surface area contributed by atoms with E-state index in [2.05, 4.69) is 10.4 Å². The van der Waals surface area contributed by atoms with Gasteiger partial charge in [0.25, 0.3) is 0 Å². The molecular weight excluding hydrogens is 222 g/mol. The van der Waals surface area contributed by atoms with Crippen molar-refractivity contribution in [2.45, 2.75) is 13.1 Å². The van der Waals surface area contributed by atoms with Crippen LogP contribution in [0.3, 0.4) is 0 Å². The Balaban J connectivity index is 2.11. The molecule has 2 rings (SSSR count). The molecule has 0 unspecified atom stereocenters. The predicted molar refractivity (Wildman–Crippen MR) is 65.5 cm³/mol. The van der Waals surface area contributed by atoms with Gasteiger partial charge in [-0.05, 0) is 24.7 Å². The lowest BCUT2D eigenvalue weighted by atomic mass is 10.2. The van der Waals surface area contributed by atoms with Gasteiger partial charge in [0.05, 0.1) is 12.2 Å². The third-order valence-corrected chi connectivity index (χ3v) is 2.71. The van der Waals surface area contributed by atoms with Crippen LogP contribution in [0.4, 0.5) is 0 Å². The Morgan fingerprint density at radius 1 is 1.31 bits per heavy atom. The van der Waals surface area contributed by atoms with Gasteiger partial charge in [-0.25, -0.2) is 0 Å². The molecule has 0 radical (unpaired) electrons. The van der Waals surface area contributed by atoms with Crippen LogP contribution in [0.1, 0.15) is 11.3 Å². The second-order valence-corrected chi connectivity index (χ2v) is 4.03. The molecule has 0 bridgehead atoms. The minimum Gasteiger partial charge on any atom is -0.314 e. The van der Waals surface area contributed by atoms with Crippen molar-refractivity contribution in [3.63, 3.8) is 0 Å². The molecule has 1 aromatic carbocycles. The highest BCUT2D eigenvalue weighted by atomic mass is 35.5. The lowest BCUT2D eigenvalue weighted by Gasteiger charge is -2.03. The molecule has 1 N–H and O–H groups in total. The van der Waals surface area contributed by atoms with Crippen LogP contribution < -0.4 is 5.32 Å². The topological polar surface area (TPSA) is 29.9 Å². The van der Waals surface area contributed by atoms with Crippen LogP contribution in [0.2, 0.25) is 5.02 Å². The van der Waals surface area contributed by atoms with Crippen LogP contribution in [0.5, 0.6) is 0 Å². The maximum atomic E-state index is 6.09. The summed E-state index contributed by atoms with van der Waals surface area (Å²) in [6.07, 6.45) is 1.97. The molecule has 1 aromatic heterocycles. The standard InChI is InChI=1S/C12H14ClN3/c1-14-8-11-6-7-16(15-11)9-10-4-2-3-5-12(10)13/h2-7,14H,8-9H2,1H3. The van der Waals surface area contributed by atoms with Gasteiger partial charge in [0.2, 0.25) is 0 Å². The summed E-state index contributed by atoms with van der Waals surface area (Å²) in [6, 6.07) is 9.84. The van der Waals surface area contributed by atoms with Gasteiger partial charge in [-0.1, -0.05) is 29.8 Å². The summed E-state index contributed by atoms with van der Waals surface area (Å²) in [6.45, 7) is 1.50. The highest BCUT2D eigenvalue weighted by Crippen LogP contribution is 2.15. The Morgan fingerprint density at radius 3 is 2.88 bits per heavy atom. The van der Waals surface area contributed by atoms with Gasteiger partial charge in [-0.15, -0.1) is 0 Å². The summed E-state index contributed by atoms with van der Waals surface area (Å²) >= 11 is 6.09. The molecule has 2 aromatic rings. The molecule has 0 atom stereocenters. The second kappa shape index (κ2) is 5.14. The van der Waals surface area contributed by atoms with Crippen LogP contribution in [0.25, 0.3) is 0 Å². The molecule has 0 aliphatic carbocycles. The number of benzene rings is 1. The molecule has 0 fully saturated rings. The van der Waals surface area contributed by atoms with E-state index in [9.17, 15) is 0 Å². The monoisotopic (exact) mass is 235 g/mol. The van der Waals surface area contributed by atoms with E-state index < -0.39 is 0 Å². The first-order chi connectivity index (χ1) is 7.79. The summed E-state index contributed by atoms with van der Waals surface area (Å²) < 4.78 is 1.90. The lowest BCUT2D eigenvalue weighted by Crippen LogP contribution is -2.07. The molecule has 16 heavy (non-hydrogen) atoms. The van der Waals surface area contributed by atoms with E-state index in [4.69, 9.17) is 11.6 Å². The predicted octanol–water partition coefficient (Wildman–Crippen LogP) is 2.30.